The molecule has 0 fully saturated rings. The van der Waals surface area contributed by atoms with Gasteiger partial charge in [-0.05, 0) is 48.7 Å². The van der Waals surface area contributed by atoms with Crippen molar-refractivity contribution in [3.05, 3.63) is 59.7 Å². The number of sulfonamides is 1. The average molecular weight is 361 g/mol. The third-order valence-electron chi connectivity index (χ3n) is 3.91. The first-order chi connectivity index (χ1) is 11.9. The van der Waals surface area contributed by atoms with E-state index in [-0.39, 0.29) is 16.1 Å². The SMILES string of the molecule is CCCCCCc1ccc(S(=O)(=O)Nc2cccc(C(=O)O)c2)cc1. The summed E-state index contributed by atoms with van der Waals surface area (Å²) in [5, 5.41) is 8.98. The van der Waals surface area contributed by atoms with Crippen LogP contribution in [0, 0.1) is 0 Å². The highest BCUT2D eigenvalue weighted by Crippen LogP contribution is 2.18. The minimum Gasteiger partial charge on any atom is -0.478 e. The molecule has 0 aliphatic carbocycles. The molecule has 2 aromatic carbocycles. The van der Waals surface area contributed by atoms with E-state index in [2.05, 4.69) is 11.6 Å². The zero-order valence-electron chi connectivity index (χ0n) is 14.2. The number of hydrogen-bond acceptors (Lipinski definition) is 3. The molecular formula is C19H23NO4S. The second-order valence-corrected chi connectivity index (χ2v) is 7.63. The van der Waals surface area contributed by atoms with Gasteiger partial charge in [0.15, 0.2) is 0 Å². The number of anilines is 1. The molecule has 0 unspecified atom stereocenters. The van der Waals surface area contributed by atoms with E-state index in [1.807, 2.05) is 12.1 Å². The Hall–Kier alpha value is -2.34. The first-order valence-corrected chi connectivity index (χ1v) is 9.86. The fourth-order valence-electron chi connectivity index (χ4n) is 2.52. The zero-order chi connectivity index (χ0) is 18.3. The fraction of sp³-hybridized carbons (Fsp3) is 0.316. The molecule has 25 heavy (non-hydrogen) atoms. The molecule has 0 saturated carbocycles. The molecule has 0 bridgehead atoms. The molecule has 0 radical (unpaired) electrons. The molecule has 134 valence electrons. The van der Waals surface area contributed by atoms with E-state index in [0.29, 0.717) is 0 Å². The second kappa shape index (κ2) is 8.67. The molecule has 0 aliphatic rings. The second-order valence-electron chi connectivity index (χ2n) is 5.95. The lowest BCUT2D eigenvalue weighted by atomic mass is 10.1. The largest absolute Gasteiger partial charge is 0.478 e. The summed E-state index contributed by atoms with van der Waals surface area (Å²) in [6, 6.07) is 12.5. The van der Waals surface area contributed by atoms with Gasteiger partial charge in [-0.2, -0.15) is 0 Å². The molecule has 0 aliphatic heterocycles. The van der Waals surface area contributed by atoms with Gasteiger partial charge in [0.25, 0.3) is 10.0 Å². The van der Waals surface area contributed by atoms with E-state index in [4.69, 9.17) is 5.11 Å². The predicted molar refractivity (Wildman–Crippen MR) is 98.5 cm³/mol. The van der Waals surface area contributed by atoms with Crippen LogP contribution >= 0.6 is 0 Å². The van der Waals surface area contributed by atoms with Crippen molar-refractivity contribution in [2.75, 3.05) is 4.72 Å². The number of carboxylic acids is 1. The fourth-order valence-corrected chi connectivity index (χ4v) is 3.57. The van der Waals surface area contributed by atoms with Crippen LogP contribution in [-0.2, 0) is 16.4 Å². The van der Waals surface area contributed by atoms with Crippen LogP contribution in [-0.4, -0.2) is 19.5 Å². The summed E-state index contributed by atoms with van der Waals surface area (Å²) in [5.41, 5.74) is 1.37. The van der Waals surface area contributed by atoms with Gasteiger partial charge < -0.3 is 5.11 Å². The van der Waals surface area contributed by atoms with E-state index in [0.717, 1.165) is 18.4 Å². The summed E-state index contributed by atoms with van der Waals surface area (Å²) in [5.74, 6) is -1.10. The molecule has 0 saturated heterocycles. The maximum Gasteiger partial charge on any atom is 0.335 e. The molecule has 5 nitrogen and oxygen atoms in total. The van der Waals surface area contributed by atoms with Crippen LogP contribution < -0.4 is 4.72 Å². The standard InChI is InChI=1S/C19H23NO4S/c1-2-3-4-5-7-15-10-12-18(13-11-15)25(23,24)20-17-9-6-8-16(14-17)19(21)22/h6,8-14,20H,2-5,7H2,1H3,(H,21,22). The summed E-state index contributed by atoms with van der Waals surface area (Å²) in [6.45, 7) is 2.17. The van der Waals surface area contributed by atoms with E-state index >= 15 is 0 Å². The molecular weight excluding hydrogens is 338 g/mol. The Morgan fingerprint density at radius 2 is 1.76 bits per heavy atom. The Kier molecular flexibility index (Phi) is 6.58. The Labute approximate surface area is 148 Å². The quantitative estimate of drug-likeness (QED) is 0.652. The molecule has 0 amide bonds. The first-order valence-electron chi connectivity index (χ1n) is 8.37. The van der Waals surface area contributed by atoms with Crippen LogP contribution in [0.25, 0.3) is 0 Å². The number of nitrogens with one attached hydrogen (secondary N) is 1. The third-order valence-corrected chi connectivity index (χ3v) is 5.31. The summed E-state index contributed by atoms with van der Waals surface area (Å²) in [7, 11) is -3.74. The highest BCUT2D eigenvalue weighted by molar-refractivity contribution is 7.92. The number of carbonyl (C=O) groups is 1. The first kappa shape index (κ1) is 19.0. The highest BCUT2D eigenvalue weighted by atomic mass is 32.2. The van der Waals surface area contributed by atoms with Crippen LogP contribution in [0.5, 0.6) is 0 Å². The van der Waals surface area contributed by atoms with Crippen molar-refractivity contribution in [1.29, 1.82) is 0 Å². The number of aryl methyl sites for hydroxylation is 1. The van der Waals surface area contributed by atoms with Gasteiger partial charge >= 0.3 is 5.97 Å². The van der Waals surface area contributed by atoms with Crippen LogP contribution in [0.3, 0.4) is 0 Å². The highest BCUT2D eigenvalue weighted by Gasteiger charge is 2.15. The van der Waals surface area contributed by atoms with Gasteiger partial charge in [0.05, 0.1) is 10.5 Å². The molecule has 2 aromatic rings. The topological polar surface area (TPSA) is 83.5 Å². The van der Waals surface area contributed by atoms with Crippen LogP contribution in [0.1, 0.15) is 48.5 Å². The smallest absolute Gasteiger partial charge is 0.335 e. The summed E-state index contributed by atoms with van der Waals surface area (Å²) < 4.78 is 27.3. The number of hydrogen-bond donors (Lipinski definition) is 2. The van der Waals surface area contributed by atoms with Crippen LogP contribution in [0.4, 0.5) is 5.69 Å². The Bertz CT molecular complexity index is 814. The lowest BCUT2D eigenvalue weighted by molar-refractivity contribution is 0.0697. The number of rotatable bonds is 9. The van der Waals surface area contributed by atoms with Gasteiger partial charge in [0.2, 0.25) is 0 Å². The van der Waals surface area contributed by atoms with Crippen molar-refractivity contribution < 1.29 is 18.3 Å². The van der Waals surface area contributed by atoms with Crippen LogP contribution in [0.15, 0.2) is 53.4 Å². The van der Waals surface area contributed by atoms with Gasteiger partial charge in [0, 0.05) is 5.69 Å². The molecule has 0 atom stereocenters. The normalized spacial score (nSPS) is 11.2. The third kappa shape index (κ3) is 5.60. The van der Waals surface area contributed by atoms with Gasteiger partial charge in [-0.15, -0.1) is 0 Å². The number of unbranched alkanes of at least 4 members (excludes halogenated alkanes) is 3. The van der Waals surface area contributed by atoms with E-state index in [1.165, 1.54) is 43.5 Å². The predicted octanol–water partition coefficient (Wildman–Crippen LogP) is 4.31. The molecule has 6 heteroatoms. The van der Waals surface area contributed by atoms with E-state index < -0.39 is 16.0 Å². The zero-order valence-corrected chi connectivity index (χ0v) is 15.1. The molecule has 0 spiro atoms. The van der Waals surface area contributed by atoms with Crippen LogP contribution in [0.2, 0.25) is 0 Å². The number of carboxylic acid groups (broad SMARTS) is 1. The van der Waals surface area contributed by atoms with Crippen molar-refractivity contribution in [1.82, 2.24) is 0 Å². The molecule has 0 heterocycles. The monoisotopic (exact) mass is 361 g/mol. The lowest BCUT2D eigenvalue weighted by Crippen LogP contribution is -2.13. The van der Waals surface area contributed by atoms with Gasteiger partial charge in [-0.1, -0.05) is 44.4 Å². The summed E-state index contributed by atoms with van der Waals surface area (Å²) in [6.07, 6.45) is 5.62. The Morgan fingerprint density at radius 3 is 2.40 bits per heavy atom. The minimum atomic E-state index is -3.74. The number of benzene rings is 2. The maximum atomic E-state index is 12.4. The minimum absolute atomic E-state index is 0.0302. The van der Waals surface area contributed by atoms with E-state index in [9.17, 15) is 13.2 Å². The molecule has 2 rings (SSSR count). The Morgan fingerprint density at radius 1 is 1.04 bits per heavy atom. The van der Waals surface area contributed by atoms with Crippen molar-refractivity contribution in [3.63, 3.8) is 0 Å². The number of aromatic carboxylic acids is 1. The van der Waals surface area contributed by atoms with Gasteiger partial charge in [0.1, 0.15) is 0 Å². The van der Waals surface area contributed by atoms with Crippen molar-refractivity contribution >= 4 is 21.7 Å². The maximum absolute atomic E-state index is 12.4. The van der Waals surface area contributed by atoms with Crippen molar-refractivity contribution in [3.8, 4) is 0 Å². The van der Waals surface area contributed by atoms with E-state index in [1.54, 1.807) is 12.1 Å². The van der Waals surface area contributed by atoms with Crippen molar-refractivity contribution in [2.45, 2.75) is 43.9 Å². The molecule has 2 N–H and O–H groups in total. The Balaban J connectivity index is 2.06. The summed E-state index contributed by atoms with van der Waals surface area (Å²) >= 11 is 0. The lowest BCUT2D eigenvalue weighted by Gasteiger charge is -2.09. The van der Waals surface area contributed by atoms with Gasteiger partial charge in [-0.3, -0.25) is 4.72 Å². The summed E-state index contributed by atoms with van der Waals surface area (Å²) in [4.78, 5) is 11.1. The van der Waals surface area contributed by atoms with Gasteiger partial charge in [-0.25, -0.2) is 13.2 Å². The molecule has 0 aromatic heterocycles. The van der Waals surface area contributed by atoms with Crippen molar-refractivity contribution in [2.24, 2.45) is 0 Å². The average Bonchev–Trinajstić information content (AvgIpc) is 2.59.